The van der Waals surface area contributed by atoms with Gasteiger partial charge < -0.3 is 19.1 Å². The number of likely N-dealkylation sites (tertiary alicyclic amines) is 1. The highest BCUT2D eigenvalue weighted by Gasteiger charge is 2.31. The fraction of sp³-hybridized carbons (Fsp3) is 0.588. The summed E-state index contributed by atoms with van der Waals surface area (Å²) in [5.41, 5.74) is 0.916. The van der Waals surface area contributed by atoms with Crippen LogP contribution in [0.3, 0.4) is 0 Å². The Morgan fingerprint density at radius 3 is 2.60 bits per heavy atom. The summed E-state index contributed by atoms with van der Waals surface area (Å²) >= 11 is 0. The molecule has 140 valence electrons. The minimum Gasteiger partial charge on any atom is -0.493 e. The monoisotopic (exact) mass is 361 g/mol. The van der Waals surface area contributed by atoms with Gasteiger partial charge in [-0.3, -0.25) is 4.79 Å². The lowest BCUT2D eigenvalue weighted by atomic mass is 10.0. The molecule has 25 heavy (non-hydrogen) atoms. The van der Waals surface area contributed by atoms with E-state index >= 15 is 0 Å². The zero-order valence-electron chi connectivity index (χ0n) is 14.3. The van der Waals surface area contributed by atoms with Crippen molar-refractivity contribution in [2.24, 2.45) is 0 Å². The number of carbonyl (C=O) groups excluding carboxylic acids is 1. The van der Waals surface area contributed by atoms with Gasteiger partial charge in [0.15, 0.2) is 11.5 Å². The van der Waals surface area contributed by atoms with Crippen LogP contribution < -0.4 is 9.47 Å². The molecule has 0 aromatic heterocycles. The van der Waals surface area contributed by atoms with Crippen molar-refractivity contribution in [3.63, 3.8) is 0 Å². The second-order valence-corrected chi connectivity index (χ2v) is 5.78. The third-order valence-corrected chi connectivity index (χ3v) is 4.09. The molecule has 8 heteroatoms. The summed E-state index contributed by atoms with van der Waals surface area (Å²) in [6.07, 6.45) is -2.81. The Bertz CT molecular complexity index is 592. The second kappa shape index (κ2) is 8.42. The van der Waals surface area contributed by atoms with Crippen LogP contribution in [-0.4, -0.2) is 51.0 Å². The Hall–Kier alpha value is -1.96. The molecule has 0 radical (unpaired) electrons. The lowest BCUT2D eigenvalue weighted by Crippen LogP contribution is -2.31. The van der Waals surface area contributed by atoms with Crippen molar-refractivity contribution in [2.75, 3.05) is 34.0 Å². The highest BCUT2D eigenvalue weighted by Crippen LogP contribution is 2.37. The minimum absolute atomic E-state index is 0.0696. The summed E-state index contributed by atoms with van der Waals surface area (Å²) in [6.45, 7) is -0.996. The van der Waals surface area contributed by atoms with Crippen molar-refractivity contribution >= 4 is 5.91 Å². The maximum absolute atomic E-state index is 12.3. The number of halogens is 3. The number of benzene rings is 1. The summed E-state index contributed by atoms with van der Waals surface area (Å²) in [4.78, 5) is 14.0. The van der Waals surface area contributed by atoms with E-state index in [9.17, 15) is 18.0 Å². The lowest BCUT2D eigenvalue weighted by molar-refractivity contribution is -0.175. The summed E-state index contributed by atoms with van der Waals surface area (Å²) < 4.78 is 51.2. The van der Waals surface area contributed by atoms with Crippen molar-refractivity contribution in [1.29, 1.82) is 0 Å². The molecule has 2 rings (SSSR count). The van der Waals surface area contributed by atoms with Gasteiger partial charge in [0.05, 0.1) is 33.3 Å². The van der Waals surface area contributed by atoms with Gasteiger partial charge in [-0.2, -0.15) is 13.2 Å². The van der Waals surface area contributed by atoms with Crippen LogP contribution in [0, 0.1) is 0 Å². The molecule has 1 amide bonds. The van der Waals surface area contributed by atoms with E-state index < -0.39 is 12.8 Å². The molecule has 1 unspecified atom stereocenters. The van der Waals surface area contributed by atoms with Crippen molar-refractivity contribution < 1.29 is 32.2 Å². The van der Waals surface area contributed by atoms with Crippen LogP contribution in [0.5, 0.6) is 11.5 Å². The standard InChI is InChI=1S/C17H22F3NO4/c1-23-14-6-5-12(10-15(14)24-2)13-4-3-8-21(13)16(22)7-9-25-11-17(18,19)20/h5-6,10,13H,3-4,7-9,11H2,1-2H3. The zero-order chi connectivity index (χ0) is 18.4. The molecule has 1 aromatic rings. The Balaban J connectivity index is 1.98. The summed E-state index contributed by atoms with van der Waals surface area (Å²) in [5, 5.41) is 0. The van der Waals surface area contributed by atoms with Crippen LogP contribution in [0.1, 0.15) is 30.9 Å². The van der Waals surface area contributed by atoms with Gasteiger partial charge in [0.1, 0.15) is 6.61 Å². The fourth-order valence-electron chi connectivity index (χ4n) is 2.96. The Morgan fingerprint density at radius 2 is 1.96 bits per heavy atom. The van der Waals surface area contributed by atoms with E-state index in [1.807, 2.05) is 12.1 Å². The molecular weight excluding hydrogens is 339 g/mol. The first kappa shape index (κ1) is 19.4. The number of ether oxygens (including phenoxy) is 3. The average Bonchev–Trinajstić information content (AvgIpc) is 3.06. The van der Waals surface area contributed by atoms with E-state index in [1.165, 1.54) is 7.11 Å². The van der Waals surface area contributed by atoms with Crippen LogP contribution in [0.25, 0.3) is 0 Å². The van der Waals surface area contributed by atoms with E-state index in [4.69, 9.17) is 9.47 Å². The smallest absolute Gasteiger partial charge is 0.411 e. The van der Waals surface area contributed by atoms with Crippen LogP contribution in [0.2, 0.25) is 0 Å². The second-order valence-electron chi connectivity index (χ2n) is 5.78. The highest BCUT2D eigenvalue weighted by atomic mass is 19.4. The van der Waals surface area contributed by atoms with E-state index in [0.29, 0.717) is 18.0 Å². The van der Waals surface area contributed by atoms with E-state index in [2.05, 4.69) is 4.74 Å². The van der Waals surface area contributed by atoms with Crippen LogP contribution in [0.4, 0.5) is 13.2 Å². The number of rotatable bonds is 7. The number of carbonyl (C=O) groups is 1. The van der Waals surface area contributed by atoms with Gasteiger partial charge in [0.2, 0.25) is 5.91 Å². The molecular formula is C17H22F3NO4. The first-order valence-corrected chi connectivity index (χ1v) is 8.01. The SMILES string of the molecule is COc1ccc(C2CCCN2C(=O)CCOCC(F)(F)F)cc1OC. The molecule has 1 saturated heterocycles. The molecule has 0 N–H and O–H groups in total. The van der Waals surface area contributed by atoms with Crippen LogP contribution >= 0.6 is 0 Å². The van der Waals surface area contributed by atoms with Crippen molar-refractivity contribution in [2.45, 2.75) is 31.5 Å². The Kier molecular flexibility index (Phi) is 6.52. The summed E-state index contributed by atoms with van der Waals surface area (Å²) in [5.74, 6) is 0.968. The van der Waals surface area contributed by atoms with E-state index in [1.54, 1.807) is 18.1 Å². The highest BCUT2D eigenvalue weighted by molar-refractivity contribution is 5.77. The fourth-order valence-corrected chi connectivity index (χ4v) is 2.96. The van der Waals surface area contributed by atoms with Crippen molar-refractivity contribution in [3.8, 4) is 11.5 Å². The number of hydrogen-bond donors (Lipinski definition) is 0. The molecule has 0 aliphatic carbocycles. The predicted octanol–water partition coefficient (Wildman–Crippen LogP) is 3.34. The molecule has 1 atom stereocenters. The molecule has 1 aliphatic rings. The Morgan fingerprint density at radius 1 is 1.24 bits per heavy atom. The number of hydrogen-bond acceptors (Lipinski definition) is 4. The number of amides is 1. The van der Waals surface area contributed by atoms with Gasteiger partial charge in [-0.25, -0.2) is 0 Å². The molecule has 5 nitrogen and oxygen atoms in total. The first-order valence-electron chi connectivity index (χ1n) is 8.01. The molecule has 1 heterocycles. The quantitative estimate of drug-likeness (QED) is 0.699. The van der Waals surface area contributed by atoms with Gasteiger partial charge in [0.25, 0.3) is 0 Å². The van der Waals surface area contributed by atoms with Crippen molar-refractivity contribution in [3.05, 3.63) is 23.8 Å². The largest absolute Gasteiger partial charge is 0.493 e. The van der Waals surface area contributed by atoms with Crippen molar-refractivity contribution in [1.82, 2.24) is 4.90 Å². The normalized spacial score (nSPS) is 17.6. The molecule has 1 fully saturated rings. The van der Waals surface area contributed by atoms with Crippen LogP contribution in [-0.2, 0) is 9.53 Å². The molecule has 0 bridgehead atoms. The van der Waals surface area contributed by atoms with E-state index in [0.717, 1.165) is 18.4 Å². The van der Waals surface area contributed by atoms with Gasteiger partial charge >= 0.3 is 6.18 Å². The Labute approximate surface area is 144 Å². The topological polar surface area (TPSA) is 48.0 Å². The third kappa shape index (κ3) is 5.26. The first-order chi connectivity index (χ1) is 11.9. The van der Waals surface area contributed by atoms with E-state index in [-0.39, 0.29) is 25.0 Å². The van der Waals surface area contributed by atoms with Gasteiger partial charge in [0, 0.05) is 6.54 Å². The zero-order valence-corrected chi connectivity index (χ0v) is 14.3. The number of nitrogens with zero attached hydrogens (tertiary/aromatic N) is 1. The third-order valence-electron chi connectivity index (χ3n) is 4.09. The van der Waals surface area contributed by atoms with Gasteiger partial charge in [-0.15, -0.1) is 0 Å². The maximum atomic E-state index is 12.3. The van der Waals surface area contributed by atoms with Crippen LogP contribution in [0.15, 0.2) is 18.2 Å². The average molecular weight is 361 g/mol. The maximum Gasteiger partial charge on any atom is 0.411 e. The summed E-state index contributed by atoms with van der Waals surface area (Å²) in [6, 6.07) is 5.36. The lowest BCUT2D eigenvalue weighted by Gasteiger charge is -2.26. The molecule has 0 spiro atoms. The predicted molar refractivity (Wildman–Crippen MR) is 84.7 cm³/mol. The molecule has 0 saturated carbocycles. The molecule has 1 aromatic carbocycles. The minimum atomic E-state index is -4.38. The summed E-state index contributed by atoms with van der Waals surface area (Å²) in [7, 11) is 3.08. The van der Waals surface area contributed by atoms with Gasteiger partial charge in [-0.1, -0.05) is 6.07 Å². The molecule has 1 aliphatic heterocycles. The number of alkyl halides is 3. The van der Waals surface area contributed by atoms with Gasteiger partial charge in [-0.05, 0) is 30.5 Å². The number of methoxy groups -OCH3 is 2.